The Balaban J connectivity index is 1.03. The first kappa shape index (κ1) is 30.3. The fourth-order valence-electron chi connectivity index (χ4n) is 9.26. The number of thiophene rings is 2. The number of aromatic nitrogens is 2. The average molecular weight is 725 g/mol. The van der Waals surface area contributed by atoms with Gasteiger partial charge in [-0.3, -0.25) is 0 Å². The third-order valence-corrected chi connectivity index (χ3v) is 14.0. The maximum absolute atomic E-state index is 2.44. The lowest BCUT2D eigenvalue weighted by Gasteiger charge is -2.09. The summed E-state index contributed by atoms with van der Waals surface area (Å²) in [6.45, 7) is 0. The number of hydrogen-bond acceptors (Lipinski definition) is 2. The van der Waals surface area contributed by atoms with Crippen molar-refractivity contribution in [3.05, 3.63) is 158 Å². The van der Waals surface area contributed by atoms with Crippen LogP contribution in [0, 0.1) is 0 Å². The molecule has 254 valence electrons. The van der Waals surface area contributed by atoms with Crippen LogP contribution in [0.5, 0.6) is 0 Å². The minimum Gasteiger partial charge on any atom is -0.343 e. The molecule has 54 heavy (non-hydrogen) atoms. The molecule has 4 aromatic heterocycles. The summed E-state index contributed by atoms with van der Waals surface area (Å²) in [6, 6.07) is 58.8. The van der Waals surface area contributed by atoms with Gasteiger partial charge in [0, 0.05) is 87.1 Å². The van der Waals surface area contributed by atoms with E-state index < -0.39 is 0 Å². The minimum absolute atomic E-state index is 1.23. The van der Waals surface area contributed by atoms with Crippen LogP contribution in [-0.4, -0.2) is 9.13 Å². The molecule has 0 aliphatic rings. The minimum atomic E-state index is 1.23. The first-order chi connectivity index (χ1) is 26.6. The molecule has 8 aromatic carbocycles. The monoisotopic (exact) mass is 724 g/mol. The zero-order valence-electron chi connectivity index (χ0n) is 29.7. The molecule has 0 atom stereocenters. The number of rotatable bonds is 3. The highest BCUT2D eigenvalue weighted by Gasteiger charge is 2.19. The molecule has 0 N–H and O–H groups in total. The summed E-state index contributed by atoms with van der Waals surface area (Å²) < 4.78 is 10.1. The van der Waals surface area contributed by atoms with Gasteiger partial charge < -0.3 is 9.13 Å². The highest BCUT2D eigenvalue weighted by Crippen LogP contribution is 2.46. The fourth-order valence-corrected chi connectivity index (χ4v) is 11.5. The molecular formula is C50H32N2S2. The quantitative estimate of drug-likeness (QED) is 0.172. The van der Waals surface area contributed by atoms with Crippen molar-refractivity contribution in [1.82, 2.24) is 9.13 Å². The van der Waals surface area contributed by atoms with Gasteiger partial charge in [0.05, 0.1) is 16.6 Å². The van der Waals surface area contributed by atoms with Gasteiger partial charge in [-0.1, -0.05) is 109 Å². The number of hydrogen-bond donors (Lipinski definition) is 0. The molecule has 0 aliphatic heterocycles. The van der Waals surface area contributed by atoms with Gasteiger partial charge in [-0.2, -0.15) is 0 Å². The van der Waals surface area contributed by atoms with Crippen LogP contribution in [0.1, 0.15) is 0 Å². The van der Waals surface area contributed by atoms with Crippen molar-refractivity contribution in [2.24, 2.45) is 14.1 Å². The summed E-state index contributed by atoms with van der Waals surface area (Å²) in [6.07, 6.45) is 0. The maximum atomic E-state index is 2.44. The second-order valence-electron chi connectivity index (χ2n) is 14.6. The lowest BCUT2D eigenvalue weighted by atomic mass is 9.95. The lowest BCUT2D eigenvalue weighted by molar-refractivity contribution is 1.02. The van der Waals surface area contributed by atoms with E-state index in [9.17, 15) is 0 Å². The summed E-state index contributed by atoms with van der Waals surface area (Å²) in [4.78, 5) is 0. The molecule has 0 saturated heterocycles. The summed E-state index contributed by atoms with van der Waals surface area (Å²) in [7, 11) is 4.43. The molecule has 0 fully saturated rings. The number of benzene rings is 8. The third-order valence-electron chi connectivity index (χ3n) is 11.7. The van der Waals surface area contributed by atoms with E-state index in [0.717, 1.165) is 0 Å². The molecule has 12 rings (SSSR count). The van der Waals surface area contributed by atoms with Crippen molar-refractivity contribution < 1.29 is 0 Å². The summed E-state index contributed by atoms with van der Waals surface area (Å²) in [5.41, 5.74) is 12.7. The standard InChI is InChI=1S/C50H32N2S2/c1-51-41-19-7-6-15-35(41)37-22-24-45-48(50(37)51)47-33(16-10-20-44(47)54-45)32-14-8-13-30(25-32)31-21-23-43-39(26-31)40-27-38-36-18-9-17-34(29-11-4-3-5-12-29)49(36)52(2)42(38)28-46(40)53-43/h3-28H,1-2H3. The van der Waals surface area contributed by atoms with Gasteiger partial charge >= 0.3 is 0 Å². The Bertz CT molecular complexity index is 3520. The molecule has 12 aromatic rings. The number of nitrogens with zero attached hydrogens (tertiary/aromatic N) is 2. The summed E-state index contributed by atoms with van der Waals surface area (Å²) in [5, 5.41) is 10.6. The highest BCUT2D eigenvalue weighted by molar-refractivity contribution is 7.26. The summed E-state index contributed by atoms with van der Waals surface area (Å²) in [5.74, 6) is 0. The van der Waals surface area contributed by atoms with E-state index in [4.69, 9.17) is 0 Å². The van der Waals surface area contributed by atoms with E-state index in [1.54, 1.807) is 0 Å². The van der Waals surface area contributed by atoms with E-state index in [2.05, 4.69) is 181 Å². The summed E-state index contributed by atoms with van der Waals surface area (Å²) >= 11 is 3.79. The van der Waals surface area contributed by atoms with Gasteiger partial charge in [-0.25, -0.2) is 0 Å². The van der Waals surface area contributed by atoms with Gasteiger partial charge in [-0.05, 0) is 76.3 Å². The second kappa shape index (κ2) is 11.2. The van der Waals surface area contributed by atoms with E-state index in [-0.39, 0.29) is 0 Å². The molecule has 0 amide bonds. The van der Waals surface area contributed by atoms with Crippen LogP contribution >= 0.6 is 22.7 Å². The molecule has 0 radical (unpaired) electrons. The van der Waals surface area contributed by atoms with Crippen LogP contribution in [-0.2, 0) is 14.1 Å². The van der Waals surface area contributed by atoms with Gasteiger partial charge in [0.15, 0.2) is 0 Å². The Morgan fingerprint density at radius 3 is 1.91 bits per heavy atom. The Labute approximate surface area is 319 Å². The number of fused-ring (bicyclic) bond motifs is 13. The Morgan fingerprint density at radius 1 is 0.333 bits per heavy atom. The molecule has 0 aliphatic carbocycles. The zero-order valence-corrected chi connectivity index (χ0v) is 31.4. The van der Waals surface area contributed by atoms with Gasteiger partial charge in [0.1, 0.15) is 0 Å². The second-order valence-corrected chi connectivity index (χ2v) is 16.7. The van der Waals surface area contributed by atoms with E-state index in [1.165, 1.54) is 117 Å². The van der Waals surface area contributed by atoms with Crippen LogP contribution in [0.2, 0.25) is 0 Å². The van der Waals surface area contributed by atoms with Crippen molar-refractivity contribution >= 4 is 107 Å². The number of aryl methyl sites for hydroxylation is 2. The predicted octanol–water partition coefficient (Wildman–Crippen LogP) is 14.7. The predicted molar refractivity (Wildman–Crippen MR) is 236 cm³/mol. The average Bonchev–Trinajstić information content (AvgIpc) is 3.95. The maximum Gasteiger partial charge on any atom is 0.0583 e. The molecule has 4 heteroatoms. The topological polar surface area (TPSA) is 9.86 Å². The molecule has 0 spiro atoms. The normalized spacial score (nSPS) is 12.3. The van der Waals surface area contributed by atoms with Crippen LogP contribution in [0.15, 0.2) is 158 Å². The van der Waals surface area contributed by atoms with Crippen molar-refractivity contribution in [2.45, 2.75) is 0 Å². The van der Waals surface area contributed by atoms with Gasteiger partial charge in [-0.15, -0.1) is 22.7 Å². The van der Waals surface area contributed by atoms with E-state index >= 15 is 0 Å². The number of para-hydroxylation sites is 2. The largest absolute Gasteiger partial charge is 0.343 e. The van der Waals surface area contributed by atoms with E-state index in [1.807, 2.05) is 22.7 Å². The molecule has 0 saturated carbocycles. The van der Waals surface area contributed by atoms with Crippen molar-refractivity contribution in [3.8, 4) is 33.4 Å². The first-order valence-corrected chi connectivity index (χ1v) is 20.1. The van der Waals surface area contributed by atoms with Crippen LogP contribution in [0.4, 0.5) is 0 Å². The third kappa shape index (κ3) is 4.15. The van der Waals surface area contributed by atoms with Crippen molar-refractivity contribution in [2.75, 3.05) is 0 Å². The lowest BCUT2D eigenvalue weighted by Crippen LogP contribution is -1.89. The molecule has 4 heterocycles. The van der Waals surface area contributed by atoms with Crippen LogP contribution in [0.3, 0.4) is 0 Å². The zero-order chi connectivity index (χ0) is 35.7. The Morgan fingerprint density at radius 2 is 0.981 bits per heavy atom. The smallest absolute Gasteiger partial charge is 0.0583 e. The molecule has 2 nitrogen and oxygen atoms in total. The van der Waals surface area contributed by atoms with Crippen LogP contribution < -0.4 is 0 Å². The molecular weight excluding hydrogens is 693 g/mol. The SMILES string of the molecule is Cn1c2cc3sc4ccc(-c5cccc(-c6cccc7sc8ccc9c%10ccccc%10n(C)c9c8c67)c5)cc4c3cc2c2cccc(-c3ccccc3)c21. The molecule has 0 bridgehead atoms. The van der Waals surface area contributed by atoms with E-state index in [0.29, 0.717) is 0 Å². The van der Waals surface area contributed by atoms with Gasteiger partial charge in [0.2, 0.25) is 0 Å². The fraction of sp³-hybridized carbons (Fsp3) is 0.0400. The Kier molecular flexibility index (Phi) is 6.26. The van der Waals surface area contributed by atoms with Crippen LogP contribution in [0.25, 0.3) is 117 Å². The first-order valence-electron chi connectivity index (χ1n) is 18.5. The van der Waals surface area contributed by atoms with Crippen molar-refractivity contribution in [1.29, 1.82) is 0 Å². The molecule has 0 unspecified atom stereocenters. The van der Waals surface area contributed by atoms with Gasteiger partial charge in [0.25, 0.3) is 0 Å². The highest BCUT2D eigenvalue weighted by atomic mass is 32.1. The van der Waals surface area contributed by atoms with Crippen molar-refractivity contribution in [3.63, 3.8) is 0 Å². The Hall–Kier alpha value is -6.20.